The number of nitrogens with zero attached hydrogens (tertiary/aromatic N) is 3. The predicted molar refractivity (Wildman–Crippen MR) is 90.6 cm³/mol. The van der Waals surface area contributed by atoms with Crippen molar-refractivity contribution in [2.45, 2.75) is 19.4 Å². The van der Waals surface area contributed by atoms with Gasteiger partial charge >= 0.3 is 0 Å². The fraction of sp³-hybridized carbons (Fsp3) is 0.200. The van der Waals surface area contributed by atoms with E-state index in [2.05, 4.69) is 46.4 Å². The van der Waals surface area contributed by atoms with Gasteiger partial charge in [0.15, 0.2) is 0 Å². The van der Waals surface area contributed by atoms with E-state index < -0.39 is 0 Å². The molecule has 0 atom stereocenters. The van der Waals surface area contributed by atoms with Crippen LogP contribution in [0.4, 0.5) is 0 Å². The normalized spacial score (nSPS) is 13.4. The second kappa shape index (κ2) is 6.10. The van der Waals surface area contributed by atoms with Crippen LogP contribution in [0.1, 0.15) is 24.1 Å². The van der Waals surface area contributed by atoms with Crippen molar-refractivity contribution in [3.05, 3.63) is 71.9 Å². The molecule has 0 N–H and O–H groups in total. The minimum absolute atomic E-state index is 0.554. The topological polar surface area (TPSA) is 30.7 Å². The van der Waals surface area contributed by atoms with Crippen LogP contribution in [-0.2, 0) is 6.54 Å². The van der Waals surface area contributed by atoms with Crippen LogP contribution in [0, 0.1) is 17.8 Å². The minimum atomic E-state index is 0.554. The molecule has 0 unspecified atom stereocenters. The monoisotopic (exact) mass is 299 g/mol. The zero-order valence-electron chi connectivity index (χ0n) is 12.8. The summed E-state index contributed by atoms with van der Waals surface area (Å²) in [6, 6.07) is 20.5. The van der Waals surface area contributed by atoms with E-state index >= 15 is 0 Å². The van der Waals surface area contributed by atoms with Gasteiger partial charge in [-0.1, -0.05) is 71.8 Å². The summed E-state index contributed by atoms with van der Waals surface area (Å²) in [5.74, 6) is 7.23. The first-order valence-corrected chi connectivity index (χ1v) is 7.94. The van der Waals surface area contributed by atoms with Gasteiger partial charge in [-0.05, 0) is 24.3 Å². The molecule has 23 heavy (non-hydrogen) atoms. The third kappa shape index (κ3) is 3.17. The SMILES string of the molecule is C(#CC1CC1)c1c(-c2ccccc2)nnn1Cc1ccccc1. The van der Waals surface area contributed by atoms with Gasteiger partial charge in [0.25, 0.3) is 0 Å². The average Bonchev–Trinajstić information content (AvgIpc) is 3.35. The van der Waals surface area contributed by atoms with Crippen molar-refractivity contribution >= 4 is 0 Å². The molecule has 1 aliphatic carbocycles. The summed E-state index contributed by atoms with van der Waals surface area (Å²) in [6.45, 7) is 0.690. The van der Waals surface area contributed by atoms with Gasteiger partial charge in [0.1, 0.15) is 11.4 Å². The van der Waals surface area contributed by atoms with Crippen molar-refractivity contribution in [1.82, 2.24) is 15.0 Å². The van der Waals surface area contributed by atoms with Crippen LogP contribution in [0.3, 0.4) is 0 Å². The highest BCUT2D eigenvalue weighted by Gasteiger charge is 2.19. The molecule has 1 fully saturated rings. The highest BCUT2D eigenvalue weighted by molar-refractivity contribution is 5.65. The van der Waals surface area contributed by atoms with Crippen molar-refractivity contribution in [3.8, 4) is 23.1 Å². The van der Waals surface area contributed by atoms with E-state index in [4.69, 9.17) is 0 Å². The summed E-state index contributed by atoms with van der Waals surface area (Å²) in [5, 5.41) is 8.74. The lowest BCUT2D eigenvalue weighted by molar-refractivity contribution is 0.643. The zero-order valence-corrected chi connectivity index (χ0v) is 12.8. The molecule has 0 aliphatic heterocycles. The number of benzene rings is 2. The maximum absolute atomic E-state index is 4.39. The molecule has 2 aromatic carbocycles. The third-order valence-corrected chi connectivity index (χ3v) is 3.93. The van der Waals surface area contributed by atoms with E-state index in [0.29, 0.717) is 12.5 Å². The maximum Gasteiger partial charge on any atom is 0.139 e. The molecule has 112 valence electrons. The lowest BCUT2D eigenvalue weighted by Crippen LogP contribution is -2.04. The van der Waals surface area contributed by atoms with Crippen LogP contribution >= 0.6 is 0 Å². The molecule has 1 saturated carbocycles. The van der Waals surface area contributed by atoms with Gasteiger partial charge in [0.05, 0.1) is 6.54 Å². The number of hydrogen-bond acceptors (Lipinski definition) is 2. The predicted octanol–water partition coefficient (Wildman–Crippen LogP) is 3.75. The lowest BCUT2D eigenvalue weighted by Gasteiger charge is -2.03. The Bertz CT molecular complexity index is 850. The van der Waals surface area contributed by atoms with Crippen LogP contribution < -0.4 is 0 Å². The number of hydrogen-bond donors (Lipinski definition) is 0. The fourth-order valence-corrected chi connectivity index (χ4v) is 2.49. The van der Waals surface area contributed by atoms with Gasteiger partial charge in [-0.2, -0.15) is 0 Å². The molecule has 0 radical (unpaired) electrons. The first-order valence-electron chi connectivity index (χ1n) is 7.94. The van der Waals surface area contributed by atoms with E-state index in [1.165, 1.54) is 18.4 Å². The quantitative estimate of drug-likeness (QED) is 0.690. The van der Waals surface area contributed by atoms with Gasteiger partial charge in [-0.3, -0.25) is 0 Å². The Labute approximate surface area is 136 Å². The van der Waals surface area contributed by atoms with Crippen LogP contribution in [0.15, 0.2) is 60.7 Å². The van der Waals surface area contributed by atoms with E-state index in [9.17, 15) is 0 Å². The molecule has 3 nitrogen and oxygen atoms in total. The van der Waals surface area contributed by atoms with Crippen molar-refractivity contribution in [2.75, 3.05) is 0 Å². The molecular formula is C20H17N3. The molecule has 1 aromatic heterocycles. The van der Waals surface area contributed by atoms with Crippen LogP contribution in [-0.4, -0.2) is 15.0 Å². The summed E-state index contributed by atoms with van der Waals surface area (Å²) in [4.78, 5) is 0. The molecule has 3 aromatic rings. The lowest BCUT2D eigenvalue weighted by atomic mass is 10.1. The molecule has 4 rings (SSSR count). The van der Waals surface area contributed by atoms with Crippen molar-refractivity contribution < 1.29 is 0 Å². The van der Waals surface area contributed by atoms with E-state index in [1.54, 1.807) is 0 Å². The van der Waals surface area contributed by atoms with Gasteiger partial charge < -0.3 is 0 Å². The largest absolute Gasteiger partial charge is 0.232 e. The van der Waals surface area contributed by atoms with E-state index in [1.807, 2.05) is 41.1 Å². The first-order chi connectivity index (χ1) is 11.4. The second-order valence-corrected chi connectivity index (χ2v) is 5.84. The Hall–Kier alpha value is -2.86. The van der Waals surface area contributed by atoms with Gasteiger partial charge in [0, 0.05) is 11.5 Å². The summed E-state index contributed by atoms with van der Waals surface area (Å²) in [6.07, 6.45) is 2.43. The Kier molecular flexibility index (Phi) is 3.65. The van der Waals surface area contributed by atoms with Gasteiger partial charge in [-0.25, -0.2) is 4.68 Å². The Morgan fingerprint density at radius 3 is 2.35 bits per heavy atom. The summed E-state index contributed by atoms with van der Waals surface area (Å²) >= 11 is 0. The first kappa shape index (κ1) is 13.8. The third-order valence-electron chi connectivity index (χ3n) is 3.93. The Morgan fingerprint density at radius 2 is 1.65 bits per heavy atom. The molecule has 0 spiro atoms. The van der Waals surface area contributed by atoms with Gasteiger partial charge in [0.2, 0.25) is 0 Å². The maximum atomic E-state index is 4.39. The van der Waals surface area contributed by atoms with Crippen molar-refractivity contribution in [3.63, 3.8) is 0 Å². The summed E-state index contributed by atoms with van der Waals surface area (Å²) in [7, 11) is 0. The van der Waals surface area contributed by atoms with Crippen molar-refractivity contribution in [1.29, 1.82) is 0 Å². The number of rotatable bonds is 3. The average molecular weight is 299 g/mol. The van der Waals surface area contributed by atoms with Gasteiger partial charge in [-0.15, -0.1) is 5.10 Å². The standard InChI is InChI=1S/C20H17N3/c1-3-7-17(8-4-1)15-23-19(14-13-16-11-12-16)20(21-22-23)18-9-5-2-6-10-18/h1-10,16H,11-12,15H2. The van der Waals surface area contributed by atoms with Crippen LogP contribution in [0.25, 0.3) is 11.3 Å². The molecule has 1 heterocycles. The number of aromatic nitrogens is 3. The van der Waals surface area contributed by atoms with Crippen molar-refractivity contribution in [2.24, 2.45) is 5.92 Å². The van der Waals surface area contributed by atoms with E-state index in [-0.39, 0.29) is 0 Å². The fourth-order valence-electron chi connectivity index (χ4n) is 2.49. The highest BCUT2D eigenvalue weighted by Crippen LogP contribution is 2.28. The smallest absolute Gasteiger partial charge is 0.139 e. The highest BCUT2D eigenvalue weighted by atomic mass is 15.4. The molecule has 0 bridgehead atoms. The van der Waals surface area contributed by atoms with E-state index in [0.717, 1.165) is 17.0 Å². The molecule has 1 aliphatic rings. The van der Waals surface area contributed by atoms with Crippen LogP contribution in [0.5, 0.6) is 0 Å². The Balaban J connectivity index is 1.74. The second-order valence-electron chi connectivity index (χ2n) is 5.84. The molecule has 0 amide bonds. The molecular weight excluding hydrogens is 282 g/mol. The summed E-state index contributed by atoms with van der Waals surface area (Å²) < 4.78 is 1.91. The molecule has 0 saturated heterocycles. The zero-order chi connectivity index (χ0) is 15.5. The Morgan fingerprint density at radius 1 is 0.957 bits per heavy atom. The summed E-state index contributed by atoms with van der Waals surface area (Å²) in [5.41, 5.74) is 4.04. The van der Waals surface area contributed by atoms with Crippen LogP contribution in [0.2, 0.25) is 0 Å². The minimum Gasteiger partial charge on any atom is -0.232 e. The molecule has 3 heteroatoms.